The molecule has 0 aromatic heterocycles. The van der Waals surface area contributed by atoms with Crippen molar-refractivity contribution >= 4 is 5.78 Å². The quantitative estimate of drug-likeness (QED) is 0.564. The molecule has 2 heteroatoms. The van der Waals surface area contributed by atoms with Crippen LogP contribution in [0.2, 0.25) is 0 Å². The first-order valence-electron chi connectivity index (χ1n) is 12.3. The molecule has 0 unspecified atom stereocenters. The summed E-state index contributed by atoms with van der Waals surface area (Å²) in [6, 6.07) is 0. The van der Waals surface area contributed by atoms with Gasteiger partial charge in [0.25, 0.3) is 0 Å². The predicted molar refractivity (Wildman–Crippen MR) is 119 cm³/mol. The summed E-state index contributed by atoms with van der Waals surface area (Å²) in [5, 5.41) is 10.2. The highest BCUT2D eigenvalue weighted by Crippen LogP contribution is 2.64. The van der Waals surface area contributed by atoms with E-state index < -0.39 is 0 Å². The molecule has 4 aliphatic carbocycles. The molecular formula is C27H42O2. The van der Waals surface area contributed by atoms with Crippen molar-refractivity contribution in [1.82, 2.24) is 0 Å². The molecule has 2 nitrogen and oxygen atoms in total. The van der Waals surface area contributed by atoms with E-state index in [2.05, 4.69) is 34.6 Å². The molecule has 0 aromatic rings. The molecule has 0 spiro atoms. The number of allylic oxidation sites excluding steroid dienone is 3. The lowest BCUT2D eigenvalue weighted by molar-refractivity contribution is -0.113. The molecule has 1 N–H and O–H groups in total. The van der Waals surface area contributed by atoms with Crippen molar-refractivity contribution in [3.8, 4) is 0 Å². The van der Waals surface area contributed by atoms with Gasteiger partial charge in [-0.2, -0.15) is 0 Å². The van der Waals surface area contributed by atoms with Crippen LogP contribution in [0.3, 0.4) is 0 Å². The van der Waals surface area contributed by atoms with E-state index in [4.69, 9.17) is 0 Å². The number of carbonyl (C=O) groups excluding carboxylic acids is 1. The lowest BCUT2D eigenvalue weighted by Crippen LogP contribution is -2.44. The maximum atomic E-state index is 13.3. The van der Waals surface area contributed by atoms with E-state index in [0.29, 0.717) is 17.8 Å². The molecule has 0 heterocycles. The van der Waals surface area contributed by atoms with Gasteiger partial charge in [-0.3, -0.25) is 4.79 Å². The summed E-state index contributed by atoms with van der Waals surface area (Å²) in [5.74, 6) is 3.06. The van der Waals surface area contributed by atoms with E-state index in [1.54, 1.807) is 0 Å². The number of ketones is 1. The van der Waals surface area contributed by atoms with Crippen LogP contribution in [0.15, 0.2) is 22.8 Å². The molecule has 4 rings (SSSR count). The van der Waals surface area contributed by atoms with Crippen LogP contribution in [-0.4, -0.2) is 17.0 Å². The van der Waals surface area contributed by atoms with E-state index in [1.165, 1.54) is 55.2 Å². The van der Waals surface area contributed by atoms with Gasteiger partial charge in [-0.1, -0.05) is 65.0 Å². The smallest absolute Gasteiger partial charge is 0.182 e. The van der Waals surface area contributed by atoms with Gasteiger partial charge < -0.3 is 5.11 Å². The third kappa shape index (κ3) is 3.48. The molecule has 0 radical (unpaired) electrons. The molecule has 2 fully saturated rings. The summed E-state index contributed by atoms with van der Waals surface area (Å²) in [5.41, 5.74) is 4.20. The Morgan fingerprint density at radius 3 is 2.59 bits per heavy atom. The van der Waals surface area contributed by atoms with Crippen LogP contribution in [0.4, 0.5) is 0 Å². The van der Waals surface area contributed by atoms with Gasteiger partial charge in [0.1, 0.15) is 0 Å². The van der Waals surface area contributed by atoms with Crippen molar-refractivity contribution in [1.29, 1.82) is 0 Å². The molecule has 29 heavy (non-hydrogen) atoms. The van der Waals surface area contributed by atoms with Gasteiger partial charge in [0.2, 0.25) is 0 Å². The van der Waals surface area contributed by atoms with E-state index in [-0.39, 0.29) is 17.3 Å². The van der Waals surface area contributed by atoms with Gasteiger partial charge in [-0.15, -0.1) is 0 Å². The van der Waals surface area contributed by atoms with Crippen LogP contribution in [0, 0.1) is 34.5 Å². The average molecular weight is 399 g/mol. The van der Waals surface area contributed by atoms with Crippen molar-refractivity contribution in [2.24, 2.45) is 34.5 Å². The average Bonchev–Trinajstić information content (AvgIpc) is 3.00. The Kier molecular flexibility index (Phi) is 5.64. The van der Waals surface area contributed by atoms with Gasteiger partial charge in [-0.25, -0.2) is 0 Å². The Balaban J connectivity index is 1.58. The number of rotatable bonds is 5. The summed E-state index contributed by atoms with van der Waals surface area (Å²) in [6.45, 7) is 12.0. The number of carbonyl (C=O) groups is 1. The van der Waals surface area contributed by atoms with Crippen molar-refractivity contribution in [3.63, 3.8) is 0 Å². The normalized spacial score (nSPS) is 40.4. The molecule has 0 bridgehead atoms. The van der Waals surface area contributed by atoms with Gasteiger partial charge in [0.05, 0.1) is 6.10 Å². The van der Waals surface area contributed by atoms with Gasteiger partial charge >= 0.3 is 0 Å². The third-order valence-corrected chi connectivity index (χ3v) is 9.50. The predicted octanol–water partition coefficient (Wildman–Crippen LogP) is 6.63. The van der Waals surface area contributed by atoms with E-state index in [0.717, 1.165) is 37.0 Å². The summed E-state index contributed by atoms with van der Waals surface area (Å²) < 4.78 is 0. The highest BCUT2D eigenvalue weighted by molar-refractivity contribution is 6.07. The second-order valence-electron chi connectivity index (χ2n) is 11.7. The lowest BCUT2D eigenvalue weighted by atomic mass is 9.53. The Morgan fingerprint density at radius 1 is 1.10 bits per heavy atom. The van der Waals surface area contributed by atoms with Gasteiger partial charge in [0, 0.05) is 11.0 Å². The first-order valence-corrected chi connectivity index (χ1v) is 12.3. The second kappa shape index (κ2) is 7.66. The molecule has 4 aliphatic rings. The molecule has 2 saturated carbocycles. The summed E-state index contributed by atoms with van der Waals surface area (Å²) in [4.78, 5) is 13.3. The summed E-state index contributed by atoms with van der Waals surface area (Å²) in [7, 11) is 0. The minimum Gasteiger partial charge on any atom is -0.393 e. The zero-order valence-electron chi connectivity index (χ0n) is 19.4. The Hall–Kier alpha value is -0.890. The second-order valence-corrected chi connectivity index (χ2v) is 11.7. The first kappa shape index (κ1) is 21.3. The number of aliphatic hydroxyl groups is 1. The van der Waals surface area contributed by atoms with Crippen LogP contribution in [0.5, 0.6) is 0 Å². The Morgan fingerprint density at radius 2 is 1.86 bits per heavy atom. The molecular weight excluding hydrogens is 356 g/mol. The number of aliphatic hydroxyl groups excluding tert-OH is 1. The zero-order valence-corrected chi connectivity index (χ0v) is 19.4. The zero-order chi connectivity index (χ0) is 21.0. The fourth-order valence-electron chi connectivity index (χ4n) is 7.71. The maximum Gasteiger partial charge on any atom is 0.182 e. The topological polar surface area (TPSA) is 37.3 Å². The minimum absolute atomic E-state index is 0.0325. The summed E-state index contributed by atoms with van der Waals surface area (Å²) >= 11 is 0. The SMILES string of the molecule is CC(C)CCC[C@@H](C)[C@H]1CC[C@H]2C3=C(CC[C@]12C)[C@@]1(C)CC[C@H](O)CC1=CC3=O. The number of hydrogen-bond donors (Lipinski definition) is 1. The van der Waals surface area contributed by atoms with Crippen molar-refractivity contribution in [2.45, 2.75) is 105 Å². The number of fused-ring (bicyclic) bond motifs is 4. The van der Waals surface area contributed by atoms with Gasteiger partial charge in [0.15, 0.2) is 5.78 Å². The Labute approximate surface area is 178 Å². The van der Waals surface area contributed by atoms with Crippen LogP contribution in [0.1, 0.15) is 98.8 Å². The monoisotopic (exact) mass is 398 g/mol. The maximum absolute atomic E-state index is 13.3. The molecule has 6 atom stereocenters. The molecule has 0 saturated heterocycles. The first-order chi connectivity index (χ1) is 13.7. The molecule has 0 aliphatic heterocycles. The molecule has 162 valence electrons. The largest absolute Gasteiger partial charge is 0.393 e. The molecule has 0 aromatic carbocycles. The van der Waals surface area contributed by atoms with Crippen molar-refractivity contribution in [3.05, 3.63) is 22.8 Å². The van der Waals surface area contributed by atoms with Crippen molar-refractivity contribution in [2.75, 3.05) is 0 Å². The highest BCUT2D eigenvalue weighted by atomic mass is 16.3. The number of hydrogen-bond acceptors (Lipinski definition) is 2. The summed E-state index contributed by atoms with van der Waals surface area (Å²) in [6.07, 6.45) is 13.1. The highest BCUT2D eigenvalue weighted by Gasteiger charge is 2.56. The van der Waals surface area contributed by atoms with E-state index >= 15 is 0 Å². The Bertz CT molecular complexity index is 729. The lowest BCUT2D eigenvalue weighted by Gasteiger charge is -2.51. The van der Waals surface area contributed by atoms with Crippen LogP contribution < -0.4 is 0 Å². The fourth-order valence-corrected chi connectivity index (χ4v) is 7.71. The van der Waals surface area contributed by atoms with Crippen LogP contribution in [0.25, 0.3) is 0 Å². The minimum atomic E-state index is -0.263. The van der Waals surface area contributed by atoms with Gasteiger partial charge in [-0.05, 0) is 80.1 Å². The van der Waals surface area contributed by atoms with Crippen LogP contribution >= 0.6 is 0 Å². The van der Waals surface area contributed by atoms with E-state index in [1.807, 2.05) is 6.08 Å². The molecule has 0 amide bonds. The fraction of sp³-hybridized carbons (Fsp3) is 0.815. The third-order valence-electron chi connectivity index (χ3n) is 9.50. The van der Waals surface area contributed by atoms with Crippen molar-refractivity contribution < 1.29 is 9.90 Å². The van der Waals surface area contributed by atoms with Crippen LogP contribution in [-0.2, 0) is 4.79 Å². The van der Waals surface area contributed by atoms with E-state index in [9.17, 15) is 9.90 Å². The standard InChI is InChI=1S/C27H42O2/c1-17(2)7-6-8-18(3)21-9-10-22-25-23(12-14-27(21,22)5)26(4)13-11-20(28)15-19(26)16-24(25)29/h16-18,20-22,28H,6-15H2,1-5H3/t18-,20+,21-,22+,26+,27-/m1/s1.